The first-order valence-electron chi connectivity index (χ1n) is 5.68. The molecular formula is C11H17N3O4S. The smallest absolute Gasteiger partial charge is 0.319 e. The van der Waals surface area contributed by atoms with E-state index in [1.807, 2.05) is 6.92 Å². The first kappa shape index (κ1) is 15.4. The summed E-state index contributed by atoms with van der Waals surface area (Å²) < 4.78 is 22.1. The molecule has 5 N–H and O–H groups in total. The number of urea groups is 1. The molecule has 0 aliphatic carbocycles. The van der Waals surface area contributed by atoms with Crippen molar-refractivity contribution in [1.82, 2.24) is 5.32 Å². The summed E-state index contributed by atoms with van der Waals surface area (Å²) >= 11 is 0. The molecule has 0 spiro atoms. The lowest BCUT2D eigenvalue weighted by molar-refractivity contribution is 0.222. The van der Waals surface area contributed by atoms with Crippen LogP contribution in [0.25, 0.3) is 0 Å². The number of nitrogens with one attached hydrogen (secondary N) is 2. The van der Waals surface area contributed by atoms with Crippen molar-refractivity contribution in [3.8, 4) is 0 Å². The van der Waals surface area contributed by atoms with Crippen LogP contribution in [0, 0.1) is 0 Å². The Bertz CT molecular complexity index is 523. The maximum Gasteiger partial charge on any atom is 0.319 e. The fraction of sp³-hybridized carbons (Fsp3) is 0.364. The van der Waals surface area contributed by atoms with Crippen LogP contribution < -0.4 is 15.8 Å². The van der Waals surface area contributed by atoms with Crippen LogP contribution in [-0.4, -0.2) is 32.2 Å². The number of sulfonamides is 1. The zero-order chi connectivity index (χ0) is 14.5. The van der Waals surface area contributed by atoms with Gasteiger partial charge in [-0.1, -0.05) is 6.92 Å². The highest BCUT2D eigenvalue weighted by molar-refractivity contribution is 7.89. The Balaban J connectivity index is 2.66. The predicted molar refractivity (Wildman–Crippen MR) is 71.1 cm³/mol. The second-order valence-electron chi connectivity index (χ2n) is 3.96. The van der Waals surface area contributed by atoms with E-state index in [-0.39, 0.29) is 17.5 Å². The Morgan fingerprint density at radius 1 is 1.37 bits per heavy atom. The van der Waals surface area contributed by atoms with E-state index in [0.717, 1.165) is 0 Å². The zero-order valence-electron chi connectivity index (χ0n) is 10.5. The number of anilines is 1. The van der Waals surface area contributed by atoms with Crippen LogP contribution in [0.3, 0.4) is 0 Å². The van der Waals surface area contributed by atoms with Crippen LogP contribution in [0.1, 0.15) is 13.3 Å². The third-order valence-electron chi connectivity index (χ3n) is 2.49. The van der Waals surface area contributed by atoms with Gasteiger partial charge in [0.1, 0.15) is 0 Å². The number of benzene rings is 1. The second kappa shape index (κ2) is 6.50. The minimum Gasteiger partial charge on any atom is -0.394 e. The summed E-state index contributed by atoms with van der Waals surface area (Å²) in [6.07, 6.45) is 0.605. The third-order valence-corrected chi connectivity index (χ3v) is 3.42. The van der Waals surface area contributed by atoms with Gasteiger partial charge < -0.3 is 15.7 Å². The third kappa shape index (κ3) is 4.86. The molecule has 0 saturated carbocycles. The normalized spacial score (nSPS) is 12.8. The van der Waals surface area contributed by atoms with Gasteiger partial charge in [-0.25, -0.2) is 18.4 Å². The zero-order valence-corrected chi connectivity index (χ0v) is 11.3. The van der Waals surface area contributed by atoms with Crippen molar-refractivity contribution in [3.05, 3.63) is 24.3 Å². The number of aliphatic hydroxyl groups is 1. The average Bonchev–Trinajstić information content (AvgIpc) is 2.35. The first-order chi connectivity index (χ1) is 8.86. The van der Waals surface area contributed by atoms with Crippen molar-refractivity contribution in [3.63, 3.8) is 0 Å². The Morgan fingerprint density at radius 2 is 1.95 bits per heavy atom. The molecule has 0 heterocycles. The first-order valence-corrected chi connectivity index (χ1v) is 7.22. The highest BCUT2D eigenvalue weighted by Gasteiger charge is 2.10. The fourth-order valence-electron chi connectivity index (χ4n) is 1.36. The Hall–Kier alpha value is -1.64. The van der Waals surface area contributed by atoms with E-state index in [1.54, 1.807) is 0 Å². The molecule has 1 aromatic rings. The van der Waals surface area contributed by atoms with Gasteiger partial charge in [0.2, 0.25) is 10.0 Å². The predicted octanol–water partition coefficient (Wildman–Crippen LogP) is 0.226. The van der Waals surface area contributed by atoms with E-state index >= 15 is 0 Å². The topological polar surface area (TPSA) is 122 Å². The summed E-state index contributed by atoms with van der Waals surface area (Å²) in [5, 5.41) is 19.0. The number of nitrogens with two attached hydrogens (primary N) is 1. The van der Waals surface area contributed by atoms with Crippen LogP contribution in [0.2, 0.25) is 0 Å². The van der Waals surface area contributed by atoms with Crippen molar-refractivity contribution in [2.45, 2.75) is 24.3 Å². The molecule has 106 valence electrons. The lowest BCUT2D eigenvalue weighted by Gasteiger charge is -2.14. The summed E-state index contributed by atoms with van der Waals surface area (Å²) in [6, 6.07) is 4.68. The average molecular weight is 287 g/mol. The summed E-state index contributed by atoms with van der Waals surface area (Å²) in [5.74, 6) is 0. The minimum absolute atomic E-state index is 0.0275. The summed E-state index contributed by atoms with van der Waals surface area (Å²) in [6.45, 7) is 1.69. The molecule has 0 aliphatic rings. The highest BCUT2D eigenvalue weighted by Crippen LogP contribution is 2.12. The highest BCUT2D eigenvalue weighted by atomic mass is 32.2. The van der Waals surface area contributed by atoms with Gasteiger partial charge in [-0.3, -0.25) is 0 Å². The molecule has 1 atom stereocenters. The van der Waals surface area contributed by atoms with Crippen molar-refractivity contribution in [1.29, 1.82) is 0 Å². The van der Waals surface area contributed by atoms with Gasteiger partial charge in [0.05, 0.1) is 17.5 Å². The standard InChI is InChI=1S/C11H17N3O4S/c1-2-8(7-15)13-11(16)14-9-3-5-10(6-4-9)19(12,17)18/h3-6,8,15H,2,7H2,1H3,(H2,12,17,18)(H2,13,14,16). The van der Waals surface area contributed by atoms with E-state index in [9.17, 15) is 13.2 Å². The maximum atomic E-state index is 11.5. The molecule has 7 nitrogen and oxygen atoms in total. The van der Waals surface area contributed by atoms with Gasteiger partial charge in [-0.2, -0.15) is 0 Å². The Morgan fingerprint density at radius 3 is 2.37 bits per heavy atom. The molecule has 1 rings (SSSR count). The number of amides is 2. The number of aliphatic hydroxyl groups excluding tert-OH is 1. The number of rotatable bonds is 5. The molecule has 0 aliphatic heterocycles. The van der Waals surface area contributed by atoms with E-state index in [1.165, 1.54) is 24.3 Å². The van der Waals surface area contributed by atoms with Gasteiger partial charge >= 0.3 is 6.03 Å². The molecule has 8 heteroatoms. The van der Waals surface area contributed by atoms with Crippen LogP contribution in [0.4, 0.5) is 10.5 Å². The SMILES string of the molecule is CCC(CO)NC(=O)Nc1ccc(S(N)(=O)=O)cc1. The quantitative estimate of drug-likeness (QED) is 0.619. The van der Waals surface area contributed by atoms with Gasteiger partial charge in [0, 0.05) is 5.69 Å². The number of primary sulfonamides is 1. The minimum atomic E-state index is -3.74. The maximum absolute atomic E-state index is 11.5. The van der Waals surface area contributed by atoms with Crippen LogP contribution in [0.15, 0.2) is 29.2 Å². The molecule has 0 saturated heterocycles. The molecule has 0 bridgehead atoms. The summed E-state index contributed by atoms with van der Waals surface area (Å²) in [4.78, 5) is 11.5. The van der Waals surface area contributed by atoms with Crippen molar-refractivity contribution >= 4 is 21.7 Å². The molecule has 0 fully saturated rings. The molecule has 2 amide bonds. The number of carbonyl (C=O) groups excluding carboxylic acids is 1. The number of hydrogen-bond donors (Lipinski definition) is 4. The van der Waals surface area contributed by atoms with Gasteiger partial charge in [-0.05, 0) is 30.7 Å². The molecule has 19 heavy (non-hydrogen) atoms. The fourth-order valence-corrected chi connectivity index (χ4v) is 1.87. The van der Waals surface area contributed by atoms with Crippen molar-refractivity contribution in [2.75, 3.05) is 11.9 Å². The number of carbonyl (C=O) groups is 1. The second-order valence-corrected chi connectivity index (χ2v) is 5.52. The van der Waals surface area contributed by atoms with E-state index in [4.69, 9.17) is 10.2 Å². The summed E-state index contributed by atoms with van der Waals surface area (Å²) in [7, 11) is -3.74. The monoisotopic (exact) mass is 287 g/mol. The van der Waals surface area contributed by atoms with Gasteiger partial charge in [0.15, 0.2) is 0 Å². The van der Waals surface area contributed by atoms with E-state index < -0.39 is 16.1 Å². The van der Waals surface area contributed by atoms with Crippen molar-refractivity contribution < 1.29 is 18.3 Å². The lowest BCUT2D eigenvalue weighted by Crippen LogP contribution is -2.39. The number of hydrogen-bond acceptors (Lipinski definition) is 4. The summed E-state index contributed by atoms with van der Waals surface area (Å²) in [5.41, 5.74) is 0.428. The van der Waals surface area contributed by atoms with Crippen LogP contribution in [-0.2, 0) is 10.0 Å². The van der Waals surface area contributed by atoms with E-state index in [0.29, 0.717) is 12.1 Å². The van der Waals surface area contributed by atoms with Crippen molar-refractivity contribution in [2.24, 2.45) is 5.14 Å². The molecular weight excluding hydrogens is 270 g/mol. The lowest BCUT2D eigenvalue weighted by atomic mass is 10.2. The molecule has 0 aromatic heterocycles. The van der Waals surface area contributed by atoms with E-state index in [2.05, 4.69) is 10.6 Å². The van der Waals surface area contributed by atoms with Crippen LogP contribution >= 0.6 is 0 Å². The molecule has 1 aromatic carbocycles. The molecule has 1 unspecified atom stereocenters. The Labute approximate surface area is 111 Å². The van der Waals surface area contributed by atoms with Gasteiger partial charge in [0.25, 0.3) is 0 Å². The Kier molecular flexibility index (Phi) is 5.28. The molecule has 0 radical (unpaired) electrons. The van der Waals surface area contributed by atoms with Crippen LogP contribution in [0.5, 0.6) is 0 Å². The largest absolute Gasteiger partial charge is 0.394 e. The van der Waals surface area contributed by atoms with Gasteiger partial charge in [-0.15, -0.1) is 0 Å².